The van der Waals surface area contributed by atoms with Gasteiger partial charge in [0.15, 0.2) is 11.9 Å². The van der Waals surface area contributed by atoms with E-state index in [0.29, 0.717) is 0 Å². The second-order valence-electron chi connectivity index (χ2n) is 9.31. The number of esters is 1. The molecule has 0 bridgehead atoms. The van der Waals surface area contributed by atoms with Crippen molar-refractivity contribution in [3.8, 4) is 0 Å². The van der Waals surface area contributed by atoms with Crippen LogP contribution in [0.2, 0.25) is 0 Å². The van der Waals surface area contributed by atoms with Crippen LogP contribution in [0.3, 0.4) is 0 Å². The van der Waals surface area contributed by atoms with Gasteiger partial charge in [-0.15, -0.1) is 0 Å². The molecule has 12 nitrogen and oxygen atoms in total. The van der Waals surface area contributed by atoms with Gasteiger partial charge in [-0.25, -0.2) is 13.8 Å². The molecule has 1 aromatic heterocycles. The number of alkyl halides is 1. The van der Waals surface area contributed by atoms with Crippen molar-refractivity contribution in [1.29, 1.82) is 0 Å². The lowest BCUT2D eigenvalue weighted by molar-refractivity contribution is -0.147. The highest BCUT2D eigenvalue weighted by Crippen LogP contribution is 2.50. The third-order valence-corrected chi connectivity index (χ3v) is 7.31. The lowest BCUT2D eigenvalue weighted by Gasteiger charge is -2.25. The molecule has 2 saturated heterocycles. The largest absolute Gasteiger partial charge is 0.459 e. The monoisotopic (exact) mass is 530 g/mol. The maximum Gasteiger partial charge on any atom is 0.459 e. The Morgan fingerprint density at radius 2 is 2.11 bits per heavy atom. The topological polar surface area (TPSA) is 164 Å². The second kappa shape index (κ2) is 10.4. The van der Waals surface area contributed by atoms with Gasteiger partial charge in [-0.2, -0.15) is 10.1 Å². The van der Waals surface area contributed by atoms with Crippen LogP contribution >= 0.6 is 7.75 Å². The molecule has 3 rings (SSSR count). The zero-order valence-corrected chi connectivity index (χ0v) is 21.6. The highest BCUT2D eigenvalue weighted by atomic mass is 31.2. The number of hydrogen-bond donors (Lipinski definition) is 3. The van der Waals surface area contributed by atoms with Crippen LogP contribution in [-0.2, 0) is 27.9 Å². The molecule has 0 amide bonds. The van der Waals surface area contributed by atoms with Crippen LogP contribution in [0.5, 0.6) is 0 Å². The summed E-state index contributed by atoms with van der Waals surface area (Å²) in [5.74, 6) is -0.516. The molecule has 0 spiro atoms. The normalized spacial score (nSPS) is 32.0. The summed E-state index contributed by atoms with van der Waals surface area (Å²) in [6.45, 7) is 7.23. The number of nitrogen functional groups attached to an aromatic ring is 1. The zero-order chi connectivity index (χ0) is 26.9. The van der Waals surface area contributed by atoms with Crippen LogP contribution in [0.25, 0.3) is 0 Å². The number of rotatable bonds is 9. The molecule has 0 saturated carbocycles. The van der Waals surface area contributed by atoms with Crippen LogP contribution in [0.1, 0.15) is 47.3 Å². The van der Waals surface area contributed by atoms with E-state index in [2.05, 4.69) is 10.1 Å². The molecule has 1 aromatic rings. The van der Waals surface area contributed by atoms with Gasteiger partial charge in [-0.05, 0) is 52.8 Å². The third kappa shape index (κ3) is 6.04. The summed E-state index contributed by atoms with van der Waals surface area (Å²) in [6, 6.07) is 0.285. The number of nitrogens with two attached hydrogens (primary N) is 1. The fourth-order valence-electron chi connectivity index (χ4n) is 3.95. The fraction of sp³-hybridized carbons (Fsp3) is 0.591. The summed E-state index contributed by atoms with van der Waals surface area (Å²) < 4.78 is 52.0. The average Bonchev–Trinajstić information content (AvgIpc) is 3.16. The number of carbonyl (C=O) groups excluding carboxylic acids is 1. The van der Waals surface area contributed by atoms with E-state index in [4.69, 9.17) is 24.3 Å². The first-order valence-electron chi connectivity index (χ1n) is 11.3. The molecule has 36 heavy (non-hydrogen) atoms. The maximum atomic E-state index is 15.5. The molecule has 0 radical (unpaired) electrons. The van der Waals surface area contributed by atoms with E-state index >= 15 is 4.39 Å². The van der Waals surface area contributed by atoms with Crippen LogP contribution in [-0.4, -0.2) is 56.8 Å². The van der Waals surface area contributed by atoms with Gasteiger partial charge >= 0.3 is 19.4 Å². The summed E-state index contributed by atoms with van der Waals surface area (Å²) in [5.41, 5.74) is 1.38. The average molecular weight is 530 g/mol. The minimum atomic E-state index is -4.27. The molecule has 2 aliphatic rings. The summed E-state index contributed by atoms with van der Waals surface area (Å²) >= 11 is 0. The number of hydrogen-bond acceptors (Lipinski definition) is 10. The minimum Gasteiger partial charge on any atom is -0.458 e. The van der Waals surface area contributed by atoms with Gasteiger partial charge in [0.1, 0.15) is 35.4 Å². The van der Waals surface area contributed by atoms with E-state index in [1.165, 1.54) is 24.4 Å². The first-order chi connectivity index (χ1) is 16.7. The Morgan fingerprint density at radius 1 is 1.42 bits per heavy atom. The Morgan fingerprint density at radius 3 is 2.67 bits per heavy atom. The van der Waals surface area contributed by atoms with E-state index in [0.717, 1.165) is 11.5 Å². The number of aromatic nitrogens is 2. The van der Waals surface area contributed by atoms with Gasteiger partial charge in [-0.1, -0.05) is 6.08 Å². The van der Waals surface area contributed by atoms with Crippen LogP contribution < -0.4 is 16.5 Å². The summed E-state index contributed by atoms with van der Waals surface area (Å²) in [7, 11) is -4.27. The molecule has 14 heteroatoms. The third-order valence-electron chi connectivity index (χ3n) is 5.74. The Balaban J connectivity index is 1.82. The van der Waals surface area contributed by atoms with E-state index in [1.807, 2.05) is 0 Å². The minimum absolute atomic E-state index is 0.0612. The summed E-state index contributed by atoms with van der Waals surface area (Å²) in [6.07, 6.45) is 1.42. The summed E-state index contributed by atoms with van der Waals surface area (Å²) in [5, 5.41) is 13.2. The van der Waals surface area contributed by atoms with Gasteiger partial charge < -0.3 is 24.8 Å². The van der Waals surface area contributed by atoms with Crippen LogP contribution in [0.15, 0.2) is 41.0 Å². The number of cyclic esters (lactones) is 1. The van der Waals surface area contributed by atoms with Crippen LogP contribution in [0.4, 0.5) is 10.2 Å². The number of allylic oxidation sites excluding steroid dienone is 3. The Kier molecular flexibility index (Phi) is 8.11. The van der Waals surface area contributed by atoms with Crippen molar-refractivity contribution in [1.82, 2.24) is 14.6 Å². The Hall–Kier alpha value is -2.57. The van der Waals surface area contributed by atoms with Crippen molar-refractivity contribution >= 4 is 19.5 Å². The standard InChI is InChI=1S/C22H32FN4O8P/c1-6-8-13(7-2)35-36(31,26-14-11-21(3,4)34-18(14)29)32-12-15-17(28)22(5,23)19(33-15)27-10-9-16(24)25-20(27)30/h6-10,14-15,17,19,28H,11-12H2,1-5H3,(H,26,31)(H2,24,25,30). The van der Waals surface area contributed by atoms with Gasteiger partial charge in [-0.3, -0.25) is 13.9 Å². The smallest absolute Gasteiger partial charge is 0.458 e. The molecule has 200 valence electrons. The maximum absolute atomic E-state index is 15.5. The van der Waals surface area contributed by atoms with Crippen molar-refractivity contribution in [3.05, 3.63) is 46.7 Å². The zero-order valence-electron chi connectivity index (χ0n) is 20.7. The van der Waals surface area contributed by atoms with Crippen molar-refractivity contribution in [2.75, 3.05) is 12.3 Å². The lowest BCUT2D eigenvalue weighted by atomic mass is 9.98. The molecular weight excluding hydrogens is 498 g/mol. The quantitative estimate of drug-likeness (QED) is 0.185. The van der Waals surface area contributed by atoms with Crippen LogP contribution in [0, 0.1) is 0 Å². The number of ether oxygens (including phenoxy) is 2. The number of carbonyl (C=O) groups is 1. The van der Waals surface area contributed by atoms with Crippen molar-refractivity contribution in [2.45, 2.75) is 76.8 Å². The number of nitrogens with zero attached hydrogens (tertiary/aromatic N) is 2. The molecule has 4 N–H and O–H groups in total. The predicted molar refractivity (Wildman–Crippen MR) is 127 cm³/mol. The van der Waals surface area contributed by atoms with Gasteiger partial charge in [0, 0.05) is 12.6 Å². The fourth-order valence-corrected chi connectivity index (χ4v) is 5.49. The van der Waals surface area contributed by atoms with Gasteiger partial charge in [0.25, 0.3) is 0 Å². The number of anilines is 1. The SMILES string of the molecule is CC=CC(=CC)OP(=O)(NC1CC(C)(C)OC1=O)OCC1OC(n2ccc(N)nc2=O)C(C)(F)C1O. The molecule has 3 heterocycles. The van der Waals surface area contributed by atoms with Crippen molar-refractivity contribution in [2.24, 2.45) is 0 Å². The first kappa shape index (κ1) is 28.0. The van der Waals surface area contributed by atoms with E-state index in [9.17, 15) is 19.3 Å². The molecule has 6 atom stereocenters. The highest BCUT2D eigenvalue weighted by Gasteiger charge is 2.56. The second-order valence-corrected chi connectivity index (χ2v) is 11.0. The van der Waals surface area contributed by atoms with Crippen molar-refractivity contribution < 1.29 is 37.4 Å². The van der Waals surface area contributed by atoms with Gasteiger partial charge in [0.2, 0.25) is 0 Å². The number of aliphatic hydroxyl groups is 1. The van der Waals surface area contributed by atoms with E-state index < -0.39 is 61.8 Å². The summed E-state index contributed by atoms with van der Waals surface area (Å²) in [4.78, 5) is 28.1. The Bertz CT molecular complexity index is 1150. The van der Waals surface area contributed by atoms with E-state index in [1.54, 1.807) is 33.8 Å². The molecule has 0 aliphatic carbocycles. The van der Waals surface area contributed by atoms with E-state index in [-0.39, 0.29) is 18.0 Å². The lowest BCUT2D eigenvalue weighted by Crippen LogP contribution is -2.43. The number of halogens is 1. The number of aliphatic hydroxyl groups excluding tert-OH is 1. The molecule has 2 aliphatic heterocycles. The first-order valence-corrected chi connectivity index (χ1v) is 12.9. The highest BCUT2D eigenvalue weighted by molar-refractivity contribution is 7.51. The van der Waals surface area contributed by atoms with Crippen molar-refractivity contribution in [3.63, 3.8) is 0 Å². The number of nitrogens with one attached hydrogen (secondary N) is 1. The molecule has 2 fully saturated rings. The predicted octanol–water partition coefficient (Wildman–Crippen LogP) is 2.12. The Labute approximate surface area is 207 Å². The molecule has 0 aromatic carbocycles. The molecule has 6 unspecified atom stereocenters. The van der Waals surface area contributed by atoms with Gasteiger partial charge in [0.05, 0.1) is 6.61 Å². The molecular formula is C22H32FN4O8P.